The fraction of sp³-hybridized carbons (Fsp3) is 0.167. The summed E-state index contributed by atoms with van der Waals surface area (Å²) in [7, 11) is 1.51. The van der Waals surface area contributed by atoms with Crippen molar-refractivity contribution < 1.29 is 23.9 Å². The van der Waals surface area contributed by atoms with Gasteiger partial charge in [0.1, 0.15) is 11.9 Å². The summed E-state index contributed by atoms with van der Waals surface area (Å²) in [5, 5.41) is -1.82. The van der Waals surface area contributed by atoms with E-state index in [1.54, 1.807) is 16.4 Å². The van der Waals surface area contributed by atoms with E-state index in [1.807, 2.05) is 26.0 Å². The van der Waals surface area contributed by atoms with Crippen LogP contribution >= 0.6 is 0 Å². The molecule has 0 amide bonds. The molecular weight excluding hydrogens is 476 g/mol. The van der Waals surface area contributed by atoms with Gasteiger partial charge in [-0.1, -0.05) is 78.6 Å². The Morgan fingerprint density at radius 2 is 1.18 bits per heavy atom. The first-order valence-electron chi connectivity index (χ1n) is 19.5. The molecule has 0 saturated carbocycles. The van der Waals surface area contributed by atoms with Crippen molar-refractivity contribution in [3.8, 4) is 5.75 Å². The number of methoxy groups -OCH3 is 1. The second kappa shape index (κ2) is 8.78. The van der Waals surface area contributed by atoms with Gasteiger partial charge in [0.25, 0.3) is 0 Å². The molecule has 7 rings (SSSR count). The number of para-hydroxylation sites is 2. The molecule has 1 aromatic heterocycles. The third-order valence-electron chi connectivity index (χ3n) is 7.41. The van der Waals surface area contributed by atoms with Crippen molar-refractivity contribution in [2.24, 2.45) is 0 Å². The van der Waals surface area contributed by atoms with Crippen molar-refractivity contribution in [1.29, 1.82) is 0 Å². The number of fused-ring (bicyclic) bond motifs is 7. The lowest BCUT2D eigenvalue weighted by Crippen LogP contribution is -2.21. The molecule has 3 nitrogen and oxygen atoms in total. The second-order valence-corrected chi connectivity index (χ2v) is 9.65. The number of hydrogen-bond donors (Lipinski definition) is 0. The zero-order chi connectivity index (χ0) is 39.0. The van der Waals surface area contributed by atoms with Gasteiger partial charge in [-0.25, -0.2) is 0 Å². The fourth-order valence-electron chi connectivity index (χ4n) is 5.71. The molecule has 0 unspecified atom stereocenters. The van der Waals surface area contributed by atoms with Gasteiger partial charge < -0.3 is 14.2 Å². The number of hydrogen-bond acceptors (Lipinski definition) is 2. The molecule has 6 aromatic rings. The van der Waals surface area contributed by atoms with Crippen LogP contribution in [-0.2, 0) is 0 Å². The first-order valence-corrected chi connectivity index (χ1v) is 12.5. The summed E-state index contributed by atoms with van der Waals surface area (Å²) in [4.78, 5) is 1.74. The lowest BCUT2D eigenvalue weighted by Gasteiger charge is -2.29. The van der Waals surface area contributed by atoms with Crippen LogP contribution in [0.15, 0.2) is 96.7 Å². The molecule has 192 valence electrons. The van der Waals surface area contributed by atoms with Crippen LogP contribution in [0.3, 0.4) is 0 Å². The molecule has 1 atom stereocenters. The molecule has 39 heavy (non-hydrogen) atoms. The molecule has 0 N–H and O–H groups in total. The summed E-state index contributed by atoms with van der Waals surface area (Å²) < 4.78 is 134. The van der Waals surface area contributed by atoms with E-state index in [4.69, 9.17) is 14.3 Å². The fourth-order valence-corrected chi connectivity index (χ4v) is 5.71. The van der Waals surface area contributed by atoms with Gasteiger partial charge in [0.15, 0.2) is 0 Å². The van der Waals surface area contributed by atoms with Crippen molar-refractivity contribution in [1.82, 2.24) is 4.57 Å². The molecule has 0 radical (unpaired) electrons. The molecule has 2 heterocycles. The van der Waals surface area contributed by atoms with E-state index in [1.165, 1.54) is 14.0 Å². The van der Waals surface area contributed by atoms with Gasteiger partial charge in [0.05, 0.1) is 43.0 Å². The summed E-state index contributed by atoms with van der Waals surface area (Å²) in [5.41, 5.74) is 2.27. The SMILES string of the molecule is [2H]c1c([2H])c([2H])c2c(c1[2H])c1c([2H])c([2H])c([2H])c([2H])c1c1c([2H])c([2H])c([2H])c3c1n(c1c(C)c([2H])c([2H])c([2H])c21)[C@H](C)N3c1cc(C)cc(OC)c1C. The van der Waals surface area contributed by atoms with Crippen molar-refractivity contribution in [2.45, 2.75) is 33.9 Å². The molecule has 0 spiro atoms. The molecule has 1 aliphatic heterocycles. The van der Waals surface area contributed by atoms with Crippen LogP contribution in [0.4, 0.5) is 11.4 Å². The van der Waals surface area contributed by atoms with Crippen LogP contribution in [0.25, 0.3) is 43.4 Å². The smallest absolute Gasteiger partial charge is 0.124 e. The monoisotopic (exact) mass is 522 g/mol. The predicted molar refractivity (Wildman–Crippen MR) is 166 cm³/mol. The van der Waals surface area contributed by atoms with Gasteiger partial charge in [-0.15, -0.1) is 0 Å². The lowest BCUT2D eigenvalue weighted by atomic mass is 10.0. The average molecular weight is 523 g/mol. The van der Waals surface area contributed by atoms with Crippen LogP contribution in [0, 0.1) is 20.8 Å². The third kappa shape index (κ3) is 3.36. The highest BCUT2D eigenvalue weighted by Crippen LogP contribution is 2.49. The van der Waals surface area contributed by atoms with Crippen molar-refractivity contribution in [2.75, 3.05) is 12.0 Å². The Labute approximate surface area is 248 Å². The molecular formula is C36H32N2O. The first-order chi connectivity index (χ1) is 24.8. The van der Waals surface area contributed by atoms with Crippen LogP contribution in [0.5, 0.6) is 5.75 Å². The summed E-state index contributed by atoms with van der Waals surface area (Å²) in [6.45, 7) is 6.94. The Morgan fingerprint density at radius 3 is 1.79 bits per heavy atom. The second-order valence-electron chi connectivity index (χ2n) is 9.65. The highest BCUT2D eigenvalue weighted by atomic mass is 16.5. The number of benzene rings is 5. The maximum atomic E-state index is 9.40. The highest BCUT2D eigenvalue weighted by Gasteiger charge is 2.31. The Balaban J connectivity index is 2.05. The molecule has 1 aliphatic rings. The van der Waals surface area contributed by atoms with E-state index in [0.29, 0.717) is 17.0 Å². The van der Waals surface area contributed by atoms with Crippen LogP contribution in [0.1, 0.15) is 49.0 Å². The summed E-state index contributed by atoms with van der Waals surface area (Å²) in [5.74, 6) is 0.519. The average Bonchev–Trinajstić information content (AvgIpc) is 3.44. The van der Waals surface area contributed by atoms with Gasteiger partial charge in [-0.3, -0.25) is 0 Å². The number of nitrogens with zero attached hydrogens (tertiary/aromatic N) is 2. The van der Waals surface area contributed by atoms with E-state index < -0.39 is 84.1 Å². The van der Waals surface area contributed by atoms with Gasteiger partial charge in [0.2, 0.25) is 0 Å². The first kappa shape index (κ1) is 13.0. The Hall–Kier alpha value is -4.50. The molecule has 5 aromatic carbocycles. The topological polar surface area (TPSA) is 17.4 Å². The maximum absolute atomic E-state index is 9.40. The predicted octanol–water partition coefficient (Wildman–Crippen LogP) is 9.83. The Bertz CT molecular complexity index is 2780. The minimum Gasteiger partial charge on any atom is -0.496 e. The highest BCUT2D eigenvalue weighted by molar-refractivity contribution is 6.21. The van der Waals surface area contributed by atoms with Gasteiger partial charge in [-0.2, -0.15) is 0 Å². The van der Waals surface area contributed by atoms with Gasteiger partial charge in [-0.05, 0) is 78.5 Å². The normalized spacial score (nSPS) is 19.5. The van der Waals surface area contributed by atoms with Crippen LogP contribution < -0.4 is 9.64 Å². The van der Waals surface area contributed by atoms with Crippen molar-refractivity contribution in [3.05, 3.63) is 113 Å². The minimum absolute atomic E-state index is 0.0404. The zero-order valence-corrected chi connectivity index (χ0v) is 22.0. The number of ether oxygens (including phenoxy) is 1. The van der Waals surface area contributed by atoms with Crippen LogP contribution in [0.2, 0.25) is 0 Å². The van der Waals surface area contributed by atoms with Crippen LogP contribution in [-0.4, -0.2) is 11.7 Å². The largest absolute Gasteiger partial charge is 0.496 e. The molecule has 3 heteroatoms. The van der Waals surface area contributed by atoms with E-state index in [9.17, 15) is 9.60 Å². The summed E-state index contributed by atoms with van der Waals surface area (Å²) in [6.07, 6.45) is -0.914. The number of aryl methyl sites for hydroxylation is 2. The summed E-state index contributed by atoms with van der Waals surface area (Å²) in [6, 6.07) is -4.82. The van der Waals surface area contributed by atoms with E-state index in [-0.39, 0.29) is 61.3 Å². The number of aromatic nitrogens is 1. The Morgan fingerprint density at radius 1 is 0.641 bits per heavy atom. The standard InChI is InChI=1S/C36H32N2O/c1-22-20-33(24(3)34(21-22)39-5)37-25(4)38-35-23(2)12-10-17-30(35)28-15-8-6-13-26(28)27-14-7-9-16-29(27)31-18-11-19-32(37)36(31)38/h6-21,25H,1-5H3/t25-/m1/s1/i6D,7D,8D,9D,10D,11D,12D,13D,14D,15D,16D,17D,18D,19D. The van der Waals surface area contributed by atoms with E-state index in [2.05, 4.69) is 0 Å². The van der Waals surface area contributed by atoms with Gasteiger partial charge in [0, 0.05) is 22.0 Å². The molecule has 0 fully saturated rings. The zero-order valence-electron chi connectivity index (χ0n) is 36.0. The lowest BCUT2D eigenvalue weighted by molar-refractivity contribution is 0.411. The molecule has 0 bridgehead atoms. The molecule has 0 saturated heterocycles. The molecule has 0 aliphatic carbocycles. The third-order valence-corrected chi connectivity index (χ3v) is 7.41. The minimum atomic E-state index is -0.914. The maximum Gasteiger partial charge on any atom is 0.124 e. The van der Waals surface area contributed by atoms with E-state index in [0.717, 1.165) is 5.56 Å². The Kier molecular flexibility index (Phi) is 2.93. The summed E-state index contributed by atoms with van der Waals surface area (Å²) >= 11 is 0. The van der Waals surface area contributed by atoms with E-state index >= 15 is 0 Å². The van der Waals surface area contributed by atoms with Crippen molar-refractivity contribution >= 4 is 54.7 Å². The number of rotatable bonds is 2. The van der Waals surface area contributed by atoms with Crippen molar-refractivity contribution in [3.63, 3.8) is 0 Å². The van der Waals surface area contributed by atoms with Gasteiger partial charge >= 0.3 is 0 Å². The number of anilines is 2. The quantitative estimate of drug-likeness (QED) is 0.225.